The molecule has 0 saturated carbocycles. The fraction of sp³-hybridized carbons (Fsp3) is 0.812. The van der Waals surface area contributed by atoms with Crippen LogP contribution in [0.4, 0.5) is 0 Å². The van der Waals surface area contributed by atoms with E-state index in [1.165, 1.54) is 31.2 Å². The summed E-state index contributed by atoms with van der Waals surface area (Å²) in [4.78, 5) is 2.46. The molecule has 2 saturated heterocycles. The van der Waals surface area contributed by atoms with Crippen LogP contribution in [0.25, 0.3) is 0 Å². The monoisotopic (exact) mass is 294 g/mol. The molecular weight excluding hydrogens is 268 g/mol. The Kier molecular flexibility index (Phi) is 4.93. The normalized spacial score (nSPS) is 26.0. The van der Waals surface area contributed by atoms with Crippen molar-refractivity contribution < 1.29 is 14.0 Å². The minimum Gasteiger partial charge on any atom is -0.377 e. The predicted octanol–water partition coefficient (Wildman–Crippen LogP) is 2.45. The van der Waals surface area contributed by atoms with Crippen LogP contribution in [0.15, 0.2) is 4.52 Å². The summed E-state index contributed by atoms with van der Waals surface area (Å²) in [5, 5.41) is 4.07. The van der Waals surface area contributed by atoms with Crippen molar-refractivity contribution in [1.29, 1.82) is 0 Å². The molecule has 2 fully saturated rings. The van der Waals surface area contributed by atoms with E-state index in [-0.39, 0.29) is 0 Å². The second-order valence-corrected chi connectivity index (χ2v) is 6.27. The number of aromatic nitrogens is 1. The molecule has 118 valence electrons. The predicted molar refractivity (Wildman–Crippen MR) is 79.2 cm³/mol. The summed E-state index contributed by atoms with van der Waals surface area (Å²) < 4.78 is 16.9. The molecule has 5 heteroatoms. The van der Waals surface area contributed by atoms with Gasteiger partial charge in [0.15, 0.2) is 0 Å². The van der Waals surface area contributed by atoms with Gasteiger partial charge in [0.1, 0.15) is 5.76 Å². The molecule has 0 spiro atoms. The van der Waals surface area contributed by atoms with Crippen LogP contribution in [-0.4, -0.2) is 48.6 Å². The van der Waals surface area contributed by atoms with Gasteiger partial charge in [0.2, 0.25) is 0 Å². The number of rotatable bonds is 6. The average Bonchev–Trinajstić information content (AvgIpc) is 3.19. The minimum atomic E-state index is 0.367. The molecule has 2 aliphatic heterocycles. The van der Waals surface area contributed by atoms with E-state index in [0.29, 0.717) is 12.2 Å². The average molecular weight is 294 g/mol. The van der Waals surface area contributed by atoms with Crippen LogP contribution in [0.2, 0.25) is 0 Å². The second-order valence-electron chi connectivity index (χ2n) is 6.27. The van der Waals surface area contributed by atoms with Crippen molar-refractivity contribution in [1.82, 2.24) is 10.1 Å². The molecule has 3 heterocycles. The van der Waals surface area contributed by atoms with E-state index >= 15 is 0 Å². The van der Waals surface area contributed by atoms with Gasteiger partial charge in [-0.05, 0) is 39.5 Å². The Morgan fingerprint density at radius 1 is 1.05 bits per heavy atom. The van der Waals surface area contributed by atoms with Crippen LogP contribution in [0.3, 0.4) is 0 Å². The highest BCUT2D eigenvalue weighted by atomic mass is 16.5. The van der Waals surface area contributed by atoms with E-state index in [9.17, 15) is 0 Å². The molecule has 1 aromatic heterocycles. The first-order chi connectivity index (χ1) is 10.2. The Morgan fingerprint density at radius 2 is 1.67 bits per heavy atom. The highest BCUT2D eigenvalue weighted by Gasteiger charge is 2.25. The Morgan fingerprint density at radius 3 is 2.10 bits per heavy atom. The number of aryl methyl sites for hydroxylation is 2. The third-order valence-corrected chi connectivity index (χ3v) is 4.53. The van der Waals surface area contributed by atoms with E-state index in [2.05, 4.69) is 10.1 Å². The molecule has 0 aromatic carbocycles. The van der Waals surface area contributed by atoms with Crippen molar-refractivity contribution in [3.8, 4) is 0 Å². The first-order valence-electron chi connectivity index (χ1n) is 8.09. The zero-order valence-electron chi connectivity index (χ0n) is 13.1. The molecule has 2 aliphatic rings. The maximum atomic E-state index is 5.81. The molecular formula is C16H26N2O3. The largest absolute Gasteiger partial charge is 0.377 e. The molecule has 0 N–H and O–H groups in total. The third-order valence-electron chi connectivity index (χ3n) is 4.53. The summed E-state index contributed by atoms with van der Waals surface area (Å²) >= 11 is 0. The molecule has 1 aromatic rings. The molecule has 0 bridgehead atoms. The molecule has 21 heavy (non-hydrogen) atoms. The highest BCUT2D eigenvalue weighted by molar-refractivity contribution is 5.20. The maximum Gasteiger partial charge on any atom is 0.138 e. The smallest absolute Gasteiger partial charge is 0.138 e. The molecule has 2 unspecified atom stereocenters. The standard InChI is InChI=1S/C16H26N2O3/c1-12-16(13(2)21-17-12)11-18(9-14-5-3-7-19-14)10-15-6-4-8-20-15/h14-15H,3-11H2,1-2H3. The van der Waals surface area contributed by atoms with Crippen molar-refractivity contribution >= 4 is 0 Å². The van der Waals surface area contributed by atoms with E-state index in [1.54, 1.807) is 0 Å². The van der Waals surface area contributed by atoms with E-state index in [1.807, 2.05) is 13.8 Å². The van der Waals surface area contributed by atoms with Gasteiger partial charge in [0.25, 0.3) is 0 Å². The topological polar surface area (TPSA) is 47.7 Å². The summed E-state index contributed by atoms with van der Waals surface area (Å²) in [6.45, 7) is 8.65. The van der Waals surface area contributed by atoms with Gasteiger partial charge in [-0.3, -0.25) is 4.90 Å². The fourth-order valence-corrected chi connectivity index (χ4v) is 3.31. The summed E-state index contributed by atoms with van der Waals surface area (Å²) in [5.74, 6) is 0.928. The van der Waals surface area contributed by atoms with Gasteiger partial charge in [0.05, 0.1) is 17.9 Å². The molecule has 3 rings (SSSR count). The summed E-state index contributed by atoms with van der Waals surface area (Å²) in [7, 11) is 0. The Labute approximate surface area is 126 Å². The van der Waals surface area contributed by atoms with Crippen LogP contribution < -0.4 is 0 Å². The van der Waals surface area contributed by atoms with Gasteiger partial charge >= 0.3 is 0 Å². The molecule has 0 radical (unpaired) electrons. The SMILES string of the molecule is Cc1noc(C)c1CN(CC1CCCO1)CC1CCCO1. The van der Waals surface area contributed by atoms with Crippen LogP contribution in [0, 0.1) is 13.8 Å². The summed E-state index contributed by atoms with van der Waals surface area (Å²) in [5.41, 5.74) is 2.21. The van der Waals surface area contributed by atoms with Crippen molar-refractivity contribution in [2.24, 2.45) is 0 Å². The molecule has 2 atom stereocenters. The van der Waals surface area contributed by atoms with Crippen LogP contribution in [-0.2, 0) is 16.0 Å². The molecule has 0 amide bonds. The van der Waals surface area contributed by atoms with Gasteiger partial charge < -0.3 is 14.0 Å². The lowest BCUT2D eigenvalue weighted by atomic mass is 10.1. The van der Waals surface area contributed by atoms with Crippen LogP contribution in [0.5, 0.6) is 0 Å². The molecule has 5 nitrogen and oxygen atoms in total. The summed E-state index contributed by atoms with van der Waals surface area (Å²) in [6, 6.07) is 0. The van der Waals surface area contributed by atoms with Gasteiger partial charge in [0, 0.05) is 38.4 Å². The fourth-order valence-electron chi connectivity index (χ4n) is 3.31. The zero-order valence-corrected chi connectivity index (χ0v) is 13.1. The van der Waals surface area contributed by atoms with Gasteiger partial charge in [-0.15, -0.1) is 0 Å². The van der Waals surface area contributed by atoms with Gasteiger partial charge in [-0.25, -0.2) is 0 Å². The van der Waals surface area contributed by atoms with Gasteiger partial charge in [-0.2, -0.15) is 0 Å². The second kappa shape index (κ2) is 6.90. The number of hydrogen-bond donors (Lipinski definition) is 0. The lowest BCUT2D eigenvalue weighted by Crippen LogP contribution is -2.37. The van der Waals surface area contributed by atoms with Crippen molar-refractivity contribution in [2.75, 3.05) is 26.3 Å². The van der Waals surface area contributed by atoms with E-state index in [0.717, 1.165) is 44.3 Å². The van der Waals surface area contributed by atoms with Crippen molar-refractivity contribution in [2.45, 2.75) is 58.3 Å². The van der Waals surface area contributed by atoms with E-state index < -0.39 is 0 Å². The first-order valence-corrected chi connectivity index (χ1v) is 8.09. The first kappa shape index (κ1) is 15.0. The Bertz CT molecular complexity index is 411. The van der Waals surface area contributed by atoms with Crippen LogP contribution >= 0.6 is 0 Å². The van der Waals surface area contributed by atoms with Gasteiger partial charge in [-0.1, -0.05) is 5.16 Å². The van der Waals surface area contributed by atoms with E-state index in [4.69, 9.17) is 14.0 Å². The van der Waals surface area contributed by atoms with Crippen molar-refractivity contribution in [3.05, 3.63) is 17.0 Å². The minimum absolute atomic E-state index is 0.367. The lowest BCUT2D eigenvalue weighted by Gasteiger charge is -2.27. The molecule has 0 aliphatic carbocycles. The summed E-state index contributed by atoms with van der Waals surface area (Å²) in [6.07, 6.45) is 5.44. The Balaban J connectivity index is 1.64. The highest BCUT2D eigenvalue weighted by Crippen LogP contribution is 2.21. The number of nitrogens with zero attached hydrogens (tertiary/aromatic N) is 2. The van der Waals surface area contributed by atoms with Crippen LogP contribution in [0.1, 0.15) is 42.7 Å². The number of ether oxygens (including phenoxy) is 2. The quantitative estimate of drug-likeness (QED) is 0.806. The lowest BCUT2D eigenvalue weighted by molar-refractivity contribution is 0.0343. The van der Waals surface area contributed by atoms with Crippen molar-refractivity contribution in [3.63, 3.8) is 0 Å². The third kappa shape index (κ3) is 3.84. The number of hydrogen-bond acceptors (Lipinski definition) is 5. The maximum absolute atomic E-state index is 5.81. The Hall–Kier alpha value is -0.910. The zero-order chi connectivity index (χ0) is 14.7.